The average Bonchev–Trinajstić information content (AvgIpc) is 2.08. The molecule has 5 nitrogen and oxygen atoms in total. The van der Waals surface area contributed by atoms with E-state index in [0.29, 0.717) is 25.2 Å². The first-order valence-corrected chi connectivity index (χ1v) is 7.73. The van der Waals surface area contributed by atoms with Crippen molar-refractivity contribution in [2.45, 2.75) is 39.8 Å². The standard InChI is InChI=1S/C10H23N3O2S2/c1-8(2)13(9(3)4)6-5-12-17(14,15)7-10(11)16/h8-9,12H,5-7H2,1-4H3,(H2,11,16). The fraction of sp³-hybridized carbons (Fsp3) is 0.900. The number of hydrogen-bond donors (Lipinski definition) is 2. The summed E-state index contributed by atoms with van der Waals surface area (Å²) in [5.74, 6) is -0.286. The summed E-state index contributed by atoms with van der Waals surface area (Å²) < 4.78 is 25.4. The SMILES string of the molecule is CC(C)N(CCNS(=O)(=O)CC(N)=S)C(C)C. The zero-order chi connectivity index (χ0) is 13.6. The fourth-order valence-corrected chi connectivity index (χ4v) is 3.03. The predicted molar refractivity (Wildman–Crippen MR) is 75.6 cm³/mol. The van der Waals surface area contributed by atoms with Crippen molar-refractivity contribution in [3.05, 3.63) is 0 Å². The van der Waals surface area contributed by atoms with Gasteiger partial charge in [0, 0.05) is 25.2 Å². The second-order valence-electron chi connectivity index (χ2n) is 4.55. The smallest absolute Gasteiger partial charge is 0.218 e. The van der Waals surface area contributed by atoms with Crippen molar-refractivity contribution in [2.75, 3.05) is 18.8 Å². The summed E-state index contributed by atoms with van der Waals surface area (Å²) >= 11 is 4.58. The highest BCUT2D eigenvalue weighted by Crippen LogP contribution is 2.03. The third-order valence-corrected chi connectivity index (χ3v) is 4.01. The Morgan fingerprint density at radius 2 is 1.76 bits per heavy atom. The average molecular weight is 281 g/mol. The lowest BCUT2D eigenvalue weighted by Crippen LogP contribution is -2.43. The van der Waals surface area contributed by atoms with Crippen LogP contribution in [0.3, 0.4) is 0 Å². The van der Waals surface area contributed by atoms with Crippen LogP contribution in [0.5, 0.6) is 0 Å². The molecular formula is C10H23N3O2S2. The topological polar surface area (TPSA) is 75.4 Å². The van der Waals surface area contributed by atoms with Gasteiger partial charge < -0.3 is 5.73 Å². The van der Waals surface area contributed by atoms with Crippen LogP contribution in [-0.2, 0) is 10.0 Å². The van der Waals surface area contributed by atoms with Crippen LogP contribution in [-0.4, -0.2) is 49.2 Å². The predicted octanol–water partition coefficient (Wildman–Crippen LogP) is 0.311. The zero-order valence-corrected chi connectivity index (χ0v) is 12.6. The molecule has 3 N–H and O–H groups in total. The molecule has 17 heavy (non-hydrogen) atoms. The number of nitrogens with two attached hydrogens (primary N) is 1. The highest BCUT2D eigenvalue weighted by Gasteiger charge is 2.15. The monoisotopic (exact) mass is 281 g/mol. The summed E-state index contributed by atoms with van der Waals surface area (Å²) in [4.78, 5) is 2.20. The first-order valence-electron chi connectivity index (χ1n) is 5.67. The van der Waals surface area contributed by atoms with Gasteiger partial charge >= 0.3 is 0 Å². The molecule has 0 aliphatic carbocycles. The van der Waals surface area contributed by atoms with E-state index in [9.17, 15) is 8.42 Å². The number of hydrogen-bond acceptors (Lipinski definition) is 4. The molecule has 0 radical (unpaired) electrons. The molecule has 0 saturated carbocycles. The van der Waals surface area contributed by atoms with E-state index in [1.807, 2.05) is 0 Å². The van der Waals surface area contributed by atoms with Crippen LogP contribution in [0, 0.1) is 0 Å². The van der Waals surface area contributed by atoms with Crippen LogP contribution in [0.15, 0.2) is 0 Å². The molecule has 0 fully saturated rings. The molecule has 0 aliphatic heterocycles. The molecule has 0 rings (SSSR count). The summed E-state index contributed by atoms with van der Waals surface area (Å²) in [5, 5.41) is 0. The lowest BCUT2D eigenvalue weighted by Gasteiger charge is -2.30. The minimum atomic E-state index is -3.37. The van der Waals surface area contributed by atoms with Crippen molar-refractivity contribution >= 4 is 27.2 Å². The van der Waals surface area contributed by atoms with Crippen molar-refractivity contribution in [1.29, 1.82) is 0 Å². The summed E-state index contributed by atoms with van der Waals surface area (Å²) in [5.41, 5.74) is 5.21. The summed E-state index contributed by atoms with van der Waals surface area (Å²) in [6.45, 7) is 9.40. The number of rotatable bonds is 8. The minimum absolute atomic E-state index is 0.0120. The highest BCUT2D eigenvalue weighted by molar-refractivity contribution is 7.92. The van der Waals surface area contributed by atoms with E-state index in [2.05, 4.69) is 49.5 Å². The molecule has 0 aromatic heterocycles. The third-order valence-electron chi connectivity index (χ3n) is 2.35. The summed E-state index contributed by atoms with van der Waals surface area (Å²) in [6, 6.07) is 0.769. The van der Waals surface area contributed by atoms with Gasteiger partial charge in [-0.1, -0.05) is 12.2 Å². The Kier molecular flexibility index (Phi) is 7.15. The minimum Gasteiger partial charge on any atom is -0.392 e. The van der Waals surface area contributed by atoms with Crippen molar-refractivity contribution < 1.29 is 8.42 Å². The largest absolute Gasteiger partial charge is 0.392 e. The first kappa shape index (κ1) is 16.8. The van der Waals surface area contributed by atoms with Crippen LogP contribution in [0.1, 0.15) is 27.7 Å². The lowest BCUT2D eigenvalue weighted by atomic mass is 10.2. The lowest BCUT2D eigenvalue weighted by molar-refractivity contribution is 0.179. The molecule has 0 bridgehead atoms. The van der Waals surface area contributed by atoms with Gasteiger partial charge in [-0.25, -0.2) is 13.1 Å². The number of nitrogens with one attached hydrogen (secondary N) is 1. The van der Waals surface area contributed by atoms with Crippen molar-refractivity contribution in [2.24, 2.45) is 5.73 Å². The van der Waals surface area contributed by atoms with E-state index in [-0.39, 0.29) is 10.7 Å². The van der Waals surface area contributed by atoms with Gasteiger partial charge in [-0.3, -0.25) is 4.90 Å². The van der Waals surface area contributed by atoms with E-state index >= 15 is 0 Å². The molecular weight excluding hydrogens is 258 g/mol. The molecule has 102 valence electrons. The molecule has 0 spiro atoms. The maximum atomic E-state index is 11.5. The summed E-state index contributed by atoms with van der Waals surface area (Å²) in [6.07, 6.45) is 0. The van der Waals surface area contributed by atoms with Gasteiger partial charge in [0.15, 0.2) is 0 Å². The van der Waals surface area contributed by atoms with Gasteiger partial charge in [0.25, 0.3) is 0 Å². The molecule has 0 atom stereocenters. The van der Waals surface area contributed by atoms with Gasteiger partial charge in [0.2, 0.25) is 10.0 Å². The van der Waals surface area contributed by atoms with Crippen molar-refractivity contribution in [3.8, 4) is 0 Å². The molecule has 0 aromatic carbocycles. The molecule has 7 heteroatoms. The van der Waals surface area contributed by atoms with Crippen molar-refractivity contribution in [1.82, 2.24) is 9.62 Å². The van der Waals surface area contributed by atoms with Gasteiger partial charge in [-0.05, 0) is 27.7 Å². The zero-order valence-electron chi connectivity index (χ0n) is 10.9. The van der Waals surface area contributed by atoms with E-state index < -0.39 is 10.0 Å². The third kappa shape index (κ3) is 7.64. The Morgan fingerprint density at radius 3 is 2.12 bits per heavy atom. The van der Waals surface area contributed by atoms with E-state index in [0.717, 1.165) is 0 Å². The van der Waals surface area contributed by atoms with Gasteiger partial charge in [0.05, 0.1) is 4.99 Å². The number of thiocarbonyl (C=S) groups is 1. The van der Waals surface area contributed by atoms with Crippen molar-refractivity contribution in [3.63, 3.8) is 0 Å². The Balaban J connectivity index is 4.17. The van der Waals surface area contributed by atoms with Crippen LogP contribution in [0.4, 0.5) is 0 Å². The number of nitrogens with zero attached hydrogens (tertiary/aromatic N) is 1. The van der Waals surface area contributed by atoms with Crippen LogP contribution in [0.2, 0.25) is 0 Å². The highest BCUT2D eigenvalue weighted by atomic mass is 32.2. The fourth-order valence-electron chi connectivity index (χ4n) is 1.68. The Labute approximate surface area is 110 Å². The Bertz CT molecular complexity index is 331. The molecule has 0 aromatic rings. The molecule has 0 heterocycles. The summed E-state index contributed by atoms with van der Waals surface area (Å²) in [7, 11) is -3.37. The van der Waals surface area contributed by atoms with E-state index in [1.165, 1.54) is 0 Å². The molecule has 0 saturated heterocycles. The van der Waals surface area contributed by atoms with Crippen LogP contribution in [0.25, 0.3) is 0 Å². The maximum Gasteiger partial charge on any atom is 0.218 e. The molecule has 0 unspecified atom stereocenters. The Hall–Kier alpha value is -0.240. The molecule has 0 amide bonds. The first-order chi connectivity index (χ1) is 7.65. The normalized spacial score (nSPS) is 12.6. The van der Waals surface area contributed by atoms with Crippen LogP contribution >= 0.6 is 12.2 Å². The quantitative estimate of drug-likeness (QED) is 0.626. The van der Waals surface area contributed by atoms with Gasteiger partial charge in [0.1, 0.15) is 5.75 Å². The van der Waals surface area contributed by atoms with E-state index in [1.54, 1.807) is 0 Å². The second-order valence-corrected chi connectivity index (χ2v) is 6.88. The van der Waals surface area contributed by atoms with E-state index in [4.69, 9.17) is 5.73 Å². The maximum absolute atomic E-state index is 11.5. The number of sulfonamides is 1. The van der Waals surface area contributed by atoms with Crippen LogP contribution < -0.4 is 10.5 Å². The Morgan fingerprint density at radius 1 is 1.29 bits per heavy atom. The molecule has 0 aliphatic rings. The van der Waals surface area contributed by atoms with Gasteiger partial charge in [-0.2, -0.15) is 0 Å². The van der Waals surface area contributed by atoms with Gasteiger partial charge in [-0.15, -0.1) is 0 Å². The second kappa shape index (κ2) is 7.25.